The van der Waals surface area contributed by atoms with Crippen molar-refractivity contribution in [2.75, 3.05) is 5.73 Å². The molecule has 0 amide bonds. The van der Waals surface area contributed by atoms with Gasteiger partial charge in [-0.05, 0) is 31.0 Å². The van der Waals surface area contributed by atoms with Gasteiger partial charge in [0.25, 0.3) is 0 Å². The van der Waals surface area contributed by atoms with Gasteiger partial charge >= 0.3 is 0 Å². The molecule has 1 aromatic carbocycles. The van der Waals surface area contributed by atoms with Crippen molar-refractivity contribution in [1.29, 1.82) is 0 Å². The van der Waals surface area contributed by atoms with E-state index in [1.807, 2.05) is 6.92 Å². The third-order valence-corrected chi connectivity index (χ3v) is 2.93. The van der Waals surface area contributed by atoms with Gasteiger partial charge in [-0.1, -0.05) is 17.7 Å². The van der Waals surface area contributed by atoms with Crippen LogP contribution in [0.4, 0.5) is 10.1 Å². The summed E-state index contributed by atoms with van der Waals surface area (Å²) in [6, 6.07) is 6.24. The number of hydrogen-bond donors (Lipinski definition) is 2. The molecule has 0 radical (unpaired) electrons. The van der Waals surface area contributed by atoms with Crippen LogP contribution in [0, 0.1) is 12.7 Å². The monoisotopic (exact) mass is 245 g/mol. The van der Waals surface area contributed by atoms with Crippen molar-refractivity contribution in [3.63, 3.8) is 0 Å². The van der Waals surface area contributed by atoms with E-state index in [2.05, 4.69) is 4.98 Å². The maximum absolute atomic E-state index is 13.7. The van der Waals surface area contributed by atoms with Crippen LogP contribution in [0.1, 0.15) is 22.7 Å². The van der Waals surface area contributed by atoms with Gasteiger partial charge in [-0.15, -0.1) is 0 Å². The molecule has 1 heterocycles. The highest BCUT2D eigenvalue weighted by Crippen LogP contribution is 2.22. The highest BCUT2D eigenvalue weighted by Gasteiger charge is 2.13. The second-order valence-corrected chi connectivity index (χ2v) is 4.41. The number of anilines is 1. The van der Waals surface area contributed by atoms with E-state index in [0.29, 0.717) is 17.7 Å². The summed E-state index contributed by atoms with van der Waals surface area (Å²) in [4.78, 5) is 4.00. The maximum Gasteiger partial charge on any atom is 0.128 e. The normalized spacial score (nSPS) is 12.4. The van der Waals surface area contributed by atoms with Crippen LogP contribution in [0.15, 0.2) is 36.7 Å². The third kappa shape index (κ3) is 2.65. The molecule has 94 valence electrons. The second-order valence-electron chi connectivity index (χ2n) is 4.41. The molecule has 0 aliphatic rings. The molecule has 0 spiro atoms. The fourth-order valence-electron chi connectivity index (χ4n) is 1.90. The Kier molecular flexibility index (Phi) is 3.58. The summed E-state index contributed by atoms with van der Waals surface area (Å²) in [5, 5.41) is 0. The Hall–Kier alpha value is -1.94. The highest BCUT2D eigenvalue weighted by atomic mass is 19.1. The Bertz CT molecular complexity index is 554. The molecule has 4 heteroatoms. The molecule has 0 aliphatic carbocycles. The third-order valence-electron chi connectivity index (χ3n) is 2.93. The number of rotatable bonds is 3. The van der Waals surface area contributed by atoms with Crippen molar-refractivity contribution >= 4 is 5.69 Å². The van der Waals surface area contributed by atoms with E-state index in [1.165, 1.54) is 6.07 Å². The van der Waals surface area contributed by atoms with Crippen molar-refractivity contribution in [3.8, 4) is 0 Å². The van der Waals surface area contributed by atoms with Gasteiger partial charge in [0.1, 0.15) is 5.82 Å². The van der Waals surface area contributed by atoms with Crippen LogP contribution in [-0.4, -0.2) is 4.98 Å². The van der Waals surface area contributed by atoms with E-state index in [-0.39, 0.29) is 5.82 Å². The zero-order chi connectivity index (χ0) is 13.1. The molecule has 0 saturated heterocycles. The minimum atomic E-state index is -0.420. The van der Waals surface area contributed by atoms with Crippen molar-refractivity contribution in [2.24, 2.45) is 5.73 Å². The minimum absolute atomic E-state index is 0.282. The summed E-state index contributed by atoms with van der Waals surface area (Å²) in [5.74, 6) is -0.282. The number of nitrogens with zero attached hydrogens (tertiary/aromatic N) is 1. The molecule has 1 aromatic heterocycles. The van der Waals surface area contributed by atoms with Gasteiger partial charge in [-0.25, -0.2) is 4.39 Å². The largest absolute Gasteiger partial charge is 0.398 e. The van der Waals surface area contributed by atoms with Crippen LogP contribution in [0.2, 0.25) is 0 Å². The van der Waals surface area contributed by atoms with Gasteiger partial charge in [0.2, 0.25) is 0 Å². The van der Waals surface area contributed by atoms with Crippen molar-refractivity contribution in [1.82, 2.24) is 4.98 Å². The first kappa shape index (κ1) is 12.5. The Morgan fingerprint density at radius 1 is 1.33 bits per heavy atom. The number of benzene rings is 1. The number of halogens is 1. The summed E-state index contributed by atoms with van der Waals surface area (Å²) < 4.78 is 13.7. The van der Waals surface area contributed by atoms with E-state index in [0.717, 1.165) is 11.1 Å². The zero-order valence-corrected chi connectivity index (χ0v) is 10.2. The smallest absolute Gasteiger partial charge is 0.128 e. The van der Waals surface area contributed by atoms with Gasteiger partial charge < -0.3 is 11.5 Å². The summed E-state index contributed by atoms with van der Waals surface area (Å²) in [6.45, 7) is 1.91. The van der Waals surface area contributed by atoms with Crippen LogP contribution >= 0.6 is 0 Å². The van der Waals surface area contributed by atoms with Gasteiger partial charge in [-0.3, -0.25) is 4.98 Å². The first-order valence-electron chi connectivity index (χ1n) is 5.78. The average Bonchev–Trinajstić information content (AvgIpc) is 2.35. The Balaban J connectivity index is 2.25. The Morgan fingerprint density at radius 3 is 2.83 bits per heavy atom. The molecule has 2 rings (SSSR count). The SMILES string of the molecule is Cc1ccc(F)c(C(N)Cc2cnccc2N)c1. The highest BCUT2D eigenvalue weighted by molar-refractivity contribution is 5.45. The van der Waals surface area contributed by atoms with Gasteiger partial charge in [0, 0.05) is 29.7 Å². The van der Waals surface area contributed by atoms with Gasteiger partial charge in [-0.2, -0.15) is 0 Å². The van der Waals surface area contributed by atoms with E-state index in [1.54, 1.807) is 30.6 Å². The Morgan fingerprint density at radius 2 is 2.11 bits per heavy atom. The van der Waals surface area contributed by atoms with Crippen LogP contribution in [0.25, 0.3) is 0 Å². The number of nitrogen functional groups attached to an aromatic ring is 1. The molecular weight excluding hydrogens is 229 g/mol. The van der Waals surface area contributed by atoms with E-state index in [4.69, 9.17) is 11.5 Å². The number of hydrogen-bond acceptors (Lipinski definition) is 3. The predicted molar refractivity (Wildman–Crippen MR) is 70.4 cm³/mol. The Labute approximate surface area is 106 Å². The van der Waals surface area contributed by atoms with Gasteiger partial charge in [0.15, 0.2) is 0 Å². The lowest BCUT2D eigenvalue weighted by Gasteiger charge is -2.14. The van der Waals surface area contributed by atoms with Crippen LogP contribution in [0.3, 0.4) is 0 Å². The van der Waals surface area contributed by atoms with E-state index in [9.17, 15) is 4.39 Å². The number of nitrogens with two attached hydrogens (primary N) is 2. The molecule has 4 N–H and O–H groups in total. The molecule has 0 bridgehead atoms. The van der Waals surface area contributed by atoms with E-state index >= 15 is 0 Å². The lowest BCUT2D eigenvalue weighted by molar-refractivity contribution is 0.579. The molecular formula is C14H16FN3. The van der Waals surface area contributed by atoms with Crippen molar-refractivity contribution < 1.29 is 4.39 Å². The lowest BCUT2D eigenvalue weighted by Crippen LogP contribution is -2.16. The molecule has 1 atom stereocenters. The molecule has 18 heavy (non-hydrogen) atoms. The van der Waals surface area contributed by atoms with Crippen molar-refractivity contribution in [2.45, 2.75) is 19.4 Å². The standard InChI is InChI=1S/C14H16FN3/c1-9-2-3-12(15)11(6-9)14(17)7-10-8-18-5-4-13(10)16/h2-6,8,14H,7,17H2,1H3,(H2,16,18). The van der Waals surface area contributed by atoms with Crippen LogP contribution in [-0.2, 0) is 6.42 Å². The number of pyridine rings is 1. The van der Waals surface area contributed by atoms with Crippen LogP contribution in [0.5, 0.6) is 0 Å². The number of aryl methyl sites for hydroxylation is 1. The fourth-order valence-corrected chi connectivity index (χ4v) is 1.90. The molecule has 3 nitrogen and oxygen atoms in total. The summed E-state index contributed by atoms with van der Waals surface area (Å²) in [6.07, 6.45) is 3.76. The fraction of sp³-hybridized carbons (Fsp3) is 0.214. The minimum Gasteiger partial charge on any atom is -0.398 e. The van der Waals surface area contributed by atoms with E-state index < -0.39 is 6.04 Å². The van der Waals surface area contributed by atoms with Crippen molar-refractivity contribution in [3.05, 3.63) is 59.2 Å². The average molecular weight is 245 g/mol. The number of aromatic nitrogens is 1. The summed E-state index contributed by atoms with van der Waals surface area (Å²) in [5.41, 5.74) is 14.8. The van der Waals surface area contributed by atoms with Gasteiger partial charge in [0.05, 0.1) is 0 Å². The molecule has 0 aliphatic heterocycles. The molecule has 0 saturated carbocycles. The second kappa shape index (κ2) is 5.14. The van der Waals surface area contributed by atoms with Crippen LogP contribution < -0.4 is 11.5 Å². The first-order valence-corrected chi connectivity index (χ1v) is 5.78. The lowest BCUT2D eigenvalue weighted by atomic mass is 9.98. The molecule has 0 fully saturated rings. The maximum atomic E-state index is 13.7. The summed E-state index contributed by atoms with van der Waals surface area (Å²) in [7, 11) is 0. The predicted octanol–water partition coefficient (Wildman–Crippen LogP) is 2.35. The zero-order valence-electron chi connectivity index (χ0n) is 10.2. The topological polar surface area (TPSA) is 64.9 Å². The molecule has 1 unspecified atom stereocenters. The molecule has 2 aromatic rings. The summed E-state index contributed by atoms with van der Waals surface area (Å²) >= 11 is 0. The quantitative estimate of drug-likeness (QED) is 0.872. The first-order chi connectivity index (χ1) is 8.58.